The van der Waals surface area contributed by atoms with Crippen LogP contribution in [-0.2, 0) is 0 Å². The molecule has 0 fully saturated rings. The normalized spacial score (nSPS) is 12.2. The molecule has 0 heterocycles. The fraction of sp³-hybridized carbons (Fsp3) is 0.500. The van der Waals surface area contributed by atoms with Crippen molar-refractivity contribution in [1.29, 1.82) is 0 Å². The van der Waals surface area contributed by atoms with E-state index in [0.29, 0.717) is 0 Å². The molecule has 3 heteroatoms. The third-order valence-electron chi connectivity index (χ3n) is 3.42. The minimum atomic E-state index is 0.216. The van der Waals surface area contributed by atoms with E-state index in [2.05, 4.69) is 31.1 Å². The van der Waals surface area contributed by atoms with Crippen LogP contribution in [0.2, 0.25) is 0 Å². The molecule has 0 aliphatic rings. The number of hydrogen-bond acceptors (Lipinski definition) is 3. The van der Waals surface area contributed by atoms with E-state index in [1.54, 1.807) is 7.11 Å². The van der Waals surface area contributed by atoms with E-state index in [9.17, 15) is 0 Å². The Kier molecular flexibility index (Phi) is 7.23. The average Bonchev–Trinajstić information content (AvgIpc) is 2.43. The summed E-state index contributed by atoms with van der Waals surface area (Å²) in [6, 6.07) is 6.45. The van der Waals surface area contributed by atoms with Crippen LogP contribution in [0.5, 0.6) is 5.75 Å². The van der Waals surface area contributed by atoms with E-state index in [0.717, 1.165) is 24.2 Å². The number of methoxy groups -OCH3 is 1. The van der Waals surface area contributed by atoms with Crippen molar-refractivity contribution in [2.75, 3.05) is 7.11 Å². The summed E-state index contributed by atoms with van der Waals surface area (Å²) in [7, 11) is 1.69. The summed E-state index contributed by atoms with van der Waals surface area (Å²) in [6.45, 7) is 5.79. The Labute approximate surface area is 116 Å². The number of nitrogens with one attached hydrogen (secondary N) is 1. The Hall–Kier alpha value is -1.32. The van der Waals surface area contributed by atoms with Crippen LogP contribution in [0.3, 0.4) is 0 Å². The highest BCUT2D eigenvalue weighted by Crippen LogP contribution is 2.25. The van der Waals surface area contributed by atoms with Gasteiger partial charge in [0.25, 0.3) is 0 Å². The molecular weight excluding hydrogens is 236 g/mol. The molecule has 0 spiro atoms. The Morgan fingerprint density at radius 1 is 1.37 bits per heavy atom. The molecule has 0 aliphatic carbocycles. The van der Waals surface area contributed by atoms with Gasteiger partial charge in [-0.05, 0) is 43.4 Å². The Bertz CT molecular complexity index is 390. The molecule has 19 heavy (non-hydrogen) atoms. The van der Waals surface area contributed by atoms with Gasteiger partial charge in [-0.1, -0.05) is 31.1 Å². The predicted molar refractivity (Wildman–Crippen MR) is 81.1 cm³/mol. The average molecular weight is 262 g/mol. The quantitative estimate of drug-likeness (QED) is 0.309. The number of allylic oxidation sites excluding steroid dienone is 1. The number of hydrazine groups is 1. The van der Waals surface area contributed by atoms with Gasteiger partial charge in [0.1, 0.15) is 5.75 Å². The second-order valence-corrected chi connectivity index (χ2v) is 4.87. The number of benzene rings is 1. The summed E-state index contributed by atoms with van der Waals surface area (Å²) in [5.41, 5.74) is 5.28. The fourth-order valence-electron chi connectivity index (χ4n) is 2.28. The molecule has 0 aromatic heterocycles. The summed E-state index contributed by atoms with van der Waals surface area (Å²) in [5, 5.41) is 0. The van der Waals surface area contributed by atoms with Crippen LogP contribution < -0.4 is 16.0 Å². The SMILES string of the molecule is C=CCCCCCC(NN)c1ccc(OC)c(C)c1. The van der Waals surface area contributed by atoms with Gasteiger partial charge in [-0.2, -0.15) is 0 Å². The maximum Gasteiger partial charge on any atom is 0.121 e. The summed E-state index contributed by atoms with van der Waals surface area (Å²) in [5.74, 6) is 6.59. The van der Waals surface area contributed by atoms with Crippen molar-refractivity contribution >= 4 is 0 Å². The minimum absolute atomic E-state index is 0.216. The molecule has 1 aromatic carbocycles. The molecule has 0 bridgehead atoms. The standard InChI is InChI=1S/C16H26N2O/c1-4-5-6-7-8-9-15(18-17)14-10-11-16(19-3)13(2)12-14/h4,10-12,15,18H,1,5-9,17H2,2-3H3. The van der Waals surface area contributed by atoms with Crippen molar-refractivity contribution in [2.45, 2.75) is 45.1 Å². The van der Waals surface area contributed by atoms with Gasteiger partial charge in [0.05, 0.1) is 7.11 Å². The molecule has 1 atom stereocenters. The fourth-order valence-corrected chi connectivity index (χ4v) is 2.28. The van der Waals surface area contributed by atoms with Crippen LogP contribution in [-0.4, -0.2) is 7.11 Å². The third-order valence-corrected chi connectivity index (χ3v) is 3.42. The van der Waals surface area contributed by atoms with Gasteiger partial charge in [0.15, 0.2) is 0 Å². The van der Waals surface area contributed by atoms with Crippen molar-refractivity contribution in [3.63, 3.8) is 0 Å². The topological polar surface area (TPSA) is 47.3 Å². The molecule has 3 nitrogen and oxygen atoms in total. The third kappa shape index (κ3) is 5.05. The summed E-state index contributed by atoms with van der Waals surface area (Å²) in [6.07, 6.45) is 7.74. The van der Waals surface area contributed by atoms with E-state index in [4.69, 9.17) is 10.6 Å². The first kappa shape index (κ1) is 15.7. The molecule has 0 radical (unpaired) electrons. The molecule has 1 unspecified atom stereocenters. The lowest BCUT2D eigenvalue weighted by Gasteiger charge is -2.17. The Morgan fingerprint density at radius 2 is 2.16 bits per heavy atom. The molecular formula is C16H26N2O. The molecule has 0 saturated carbocycles. The second kappa shape index (κ2) is 8.73. The zero-order valence-corrected chi connectivity index (χ0v) is 12.1. The first-order valence-electron chi connectivity index (χ1n) is 6.94. The monoisotopic (exact) mass is 262 g/mol. The van der Waals surface area contributed by atoms with Crippen molar-refractivity contribution in [2.24, 2.45) is 5.84 Å². The number of unbranched alkanes of at least 4 members (excludes halogenated alkanes) is 3. The van der Waals surface area contributed by atoms with Crippen LogP contribution in [0.1, 0.15) is 49.3 Å². The minimum Gasteiger partial charge on any atom is -0.496 e. The summed E-state index contributed by atoms with van der Waals surface area (Å²) in [4.78, 5) is 0. The maximum absolute atomic E-state index is 5.67. The lowest BCUT2D eigenvalue weighted by atomic mass is 9.98. The molecule has 0 aliphatic heterocycles. The zero-order chi connectivity index (χ0) is 14.1. The number of rotatable bonds is 9. The smallest absolute Gasteiger partial charge is 0.121 e. The van der Waals surface area contributed by atoms with E-state index in [1.165, 1.54) is 24.8 Å². The van der Waals surface area contributed by atoms with Gasteiger partial charge < -0.3 is 4.74 Å². The maximum atomic E-state index is 5.67. The molecule has 1 aromatic rings. The van der Waals surface area contributed by atoms with Crippen LogP contribution in [0, 0.1) is 6.92 Å². The van der Waals surface area contributed by atoms with Gasteiger partial charge in [0.2, 0.25) is 0 Å². The van der Waals surface area contributed by atoms with Crippen molar-refractivity contribution in [3.05, 3.63) is 42.0 Å². The largest absolute Gasteiger partial charge is 0.496 e. The van der Waals surface area contributed by atoms with Crippen LogP contribution in [0.15, 0.2) is 30.9 Å². The zero-order valence-electron chi connectivity index (χ0n) is 12.1. The molecule has 106 valence electrons. The van der Waals surface area contributed by atoms with Gasteiger partial charge >= 0.3 is 0 Å². The Morgan fingerprint density at radius 3 is 2.74 bits per heavy atom. The highest BCUT2D eigenvalue weighted by Gasteiger charge is 2.10. The molecule has 0 amide bonds. The predicted octanol–water partition coefficient (Wildman–Crippen LogP) is 3.64. The Balaban J connectivity index is 2.54. The first-order valence-corrected chi connectivity index (χ1v) is 6.94. The van der Waals surface area contributed by atoms with Crippen LogP contribution in [0.25, 0.3) is 0 Å². The summed E-state index contributed by atoms with van der Waals surface area (Å²) >= 11 is 0. The van der Waals surface area contributed by atoms with E-state index >= 15 is 0 Å². The van der Waals surface area contributed by atoms with Crippen molar-refractivity contribution in [3.8, 4) is 5.75 Å². The van der Waals surface area contributed by atoms with Gasteiger partial charge in [-0.25, -0.2) is 0 Å². The first-order chi connectivity index (χ1) is 9.22. The van der Waals surface area contributed by atoms with Crippen molar-refractivity contribution < 1.29 is 4.74 Å². The number of nitrogens with two attached hydrogens (primary N) is 1. The van der Waals surface area contributed by atoms with Crippen LogP contribution in [0.4, 0.5) is 0 Å². The number of hydrogen-bond donors (Lipinski definition) is 2. The van der Waals surface area contributed by atoms with Crippen LogP contribution >= 0.6 is 0 Å². The molecule has 1 rings (SSSR count). The summed E-state index contributed by atoms with van der Waals surface area (Å²) < 4.78 is 5.28. The molecule has 3 N–H and O–H groups in total. The van der Waals surface area contributed by atoms with Gasteiger partial charge in [0, 0.05) is 6.04 Å². The highest BCUT2D eigenvalue weighted by molar-refractivity contribution is 5.37. The van der Waals surface area contributed by atoms with Gasteiger partial charge in [-0.15, -0.1) is 6.58 Å². The number of aryl methyl sites for hydroxylation is 1. The van der Waals surface area contributed by atoms with E-state index < -0.39 is 0 Å². The number of ether oxygens (including phenoxy) is 1. The van der Waals surface area contributed by atoms with Crippen molar-refractivity contribution in [1.82, 2.24) is 5.43 Å². The van der Waals surface area contributed by atoms with Gasteiger partial charge in [-0.3, -0.25) is 11.3 Å². The van der Waals surface area contributed by atoms with E-state index in [1.807, 2.05) is 12.1 Å². The lowest BCUT2D eigenvalue weighted by Crippen LogP contribution is -2.28. The lowest BCUT2D eigenvalue weighted by molar-refractivity contribution is 0.410. The molecule has 0 saturated heterocycles. The second-order valence-electron chi connectivity index (χ2n) is 4.87. The highest BCUT2D eigenvalue weighted by atomic mass is 16.5. The van der Waals surface area contributed by atoms with E-state index in [-0.39, 0.29) is 6.04 Å².